The van der Waals surface area contributed by atoms with E-state index in [1.54, 1.807) is 17.3 Å². The number of pyridine rings is 1. The minimum Gasteiger partial charge on any atom is -0.456 e. The van der Waals surface area contributed by atoms with Crippen LogP contribution in [-0.2, 0) is 16.1 Å². The predicted octanol–water partition coefficient (Wildman–Crippen LogP) is 3.35. The Bertz CT molecular complexity index is 1020. The molecular formula is C28H38N4O4. The minimum atomic E-state index is -0.895. The van der Waals surface area contributed by atoms with Crippen LogP contribution in [-0.4, -0.2) is 69.0 Å². The molecule has 2 fully saturated rings. The number of nitrogens with one attached hydrogen (secondary N) is 1. The molecule has 8 heteroatoms. The van der Waals surface area contributed by atoms with Crippen LogP contribution in [0.3, 0.4) is 0 Å². The highest BCUT2D eigenvalue weighted by Crippen LogP contribution is 2.35. The number of piperazine rings is 1. The van der Waals surface area contributed by atoms with Gasteiger partial charge in [-0.05, 0) is 55.0 Å². The van der Waals surface area contributed by atoms with Crippen LogP contribution >= 0.6 is 0 Å². The second-order valence-corrected chi connectivity index (χ2v) is 10.3. The van der Waals surface area contributed by atoms with E-state index in [-0.39, 0.29) is 17.7 Å². The lowest BCUT2D eigenvalue weighted by Crippen LogP contribution is -2.74. The number of likely N-dealkylation sites (tertiary alicyclic amines) is 1. The minimum absolute atomic E-state index is 0.121. The molecule has 1 spiro atoms. The highest BCUT2D eigenvalue weighted by molar-refractivity contribution is 6.00. The number of piperidine rings is 1. The van der Waals surface area contributed by atoms with Gasteiger partial charge in [-0.25, -0.2) is 0 Å². The number of aromatic nitrogens is 1. The van der Waals surface area contributed by atoms with Crippen molar-refractivity contribution < 1.29 is 19.4 Å². The summed E-state index contributed by atoms with van der Waals surface area (Å²) in [5, 5.41) is 13.5. The summed E-state index contributed by atoms with van der Waals surface area (Å²) in [5.41, 5.74) is 0.328. The van der Waals surface area contributed by atoms with Crippen molar-refractivity contribution >= 4 is 11.8 Å². The van der Waals surface area contributed by atoms with Gasteiger partial charge in [-0.2, -0.15) is 0 Å². The third-order valence-corrected chi connectivity index (χ3v) is 7.40. The zero-order chi connectivity index (χ0) is 25.7. The maximum absolute atomic E-state index is 13.5. The Kier molecular flexibility index (Phi) is 8.26. The summed E-state index contributed by atoms with van der Waals surface area (Å²) in [6, 6.07) is 10.8. The summed E-state index contributed by atoms with van der Waals surface area (Å²) in [4.78, 5) is 35.1. The van der Waals surface area contributed by atoms with Crippen LogP contribution in [0.2, 0.25) is 0 Å². The SMILES string of the molecule is CCCCN1C(=O)C(C(O)C(C)C)NC(=O)C12CCN(Cc1ccc(Oc3cccnc3)cc1)CC2. The van der Waals surface area contributed by atoms with E-state index in [2.05, 4.69) is 34.3 Å². The predicted molar refractivity (Wildman–Crippen MR) is 137 cm³/mol. The van der Waals surface area contributed by atoms with E-state index in [0.717, 1.165) is 30.7 Å². The molecule has 2 atom stereocenters. The molecule has 1 aromatic carbocycles. The lowest BCUT2D eigenvalue weighted by atomic mass is 9.80. The average molecular weight is 495 g/mol. The fourth-order valence-corrected chi connectivity index (χ4v) is 5.14. The summed E-state index contributed by atoms with van der Waals surface area (Å²) in [5.74, 6) is 1.06. The first-order valence-corrected chi connectivity index (χ1v) is 13.0. The number of rotatable bonds is 9. The Morgan fingerprint density at radius 2 is 1.86 bits per heavy atom. The molecule has 0 bridgehead atoms. The van der Waals surface area contributed by atoms with Crippen molar-refractivity contribution in [1.29, 1.82) is 0 Å². The fourth-order valence-electron chi connectivity index (χ4n) is 5.14. The van der Waals surface area contributed by atoms with E-state index in [4.69, 9.17) is 4.74 Å². The lowest BCUT2D eigenvalue weighted by Gasteiger charge is -2.52. The van der Waals surface area contributed by atoms with Crippen molar-refractivity contribution in [2.45, 2.75) is 70.7 Å². The number of hydrogen-bond donors (Lipinski definition) is 2. The second kappa shape index (κ2) is 11.4. The molecule has 194 valence electrons. The Morgan fingerprint density at radius 3 is 2.47 bits per heavy atom. The van der Waals surface area contributed by atoms with Crippen LogP contribution in [0.25, 0.3) is 0 Å². The van der Waals surface area contributed by atoms with Crippen molar-refractivity contribution in [2.75, 3.05) is 19.6 Å². The number of benzene rings is 1. The van der Waals surface area contributed by atoms with Crippen molar-refractivity contribution in [2.24, 2.45) is 5.92 Å². The normalized spacial score (nSPS) is 21.0. The number of nitrogens with zero attached hydrogens (tertiary/aromatic N) is 3. The number of hydrogen-bond acceptors (Lipinski definition) is 6. The fraction of sp³-hybridized carbons (Fsp3) is 0.536. The molecule has 2 amide bonds. The number of carbonyl (C=O) groups excluding carboxylic acids is 2. The molecule has 0 aliphatic carbocycles. The molecule has 0 saturated carbocycles. The zero-order valence-corrected chi connectivity index (χ0v) is 21.5. The van der Waals surface area contributed by atoms with Gasteiger partial charge in [0.25, 0.3) is 0 Å². The second-order valence-electron chi connectivity index (χ2n) is 10.3. The van der Waals surface area contributed by atoms with E-state index in [1.165, 1.54) is 0 Å². The maximum Gasteiger partial charge on any atom is 0.248 e. The first-order valence-electron chi connectivity index (χ1n) is 13.0. The summed E-state index contributed by atoms with van der Waals surface area (Å²) in [6.45, 7) is 8.55. The zero-order valence-electron chi connectivity index (χ0n) is 21.5. The number of aliphatic hydroxyl groups excluding tert-OH is 1. The monoisotopic (exact) mass is 494 g/mol. The summed E-state index contributed by atoms with van der Waals surface area (Å²) in [7, 11) is 0. The molecule has 2 aliphatic rings. The van der Waals surface area contributed by atoms with E-state index < -0.39 is 17.7 Å². The van der Waals surface area contributed by atoms with Gasteiger partial charge < -0.3 is 20.1 Å². The van der Waals surface area contributed by atoms with Gasteiger partial charge in [0, 0.05) is 32.4 Å². The third-order valence-electron chi connectivity index (χ3n) is 7.40. The van der Waals surface area contributed by atoms with Gasteiger partial charge in [0.15, 0.2) is 0 Å². The van der Waals surface area contributed by atoms with Crippen LogP contribution in [0.1, 0.15) is 52.0 Å². The van der Waals surface area contributed by atoms with E-state index >= 15 is 0 Å². The van der Waals surface area contributed by atoms with Gasteiger partial charge in [-0.1, -0.05) is 39.3 Å². The van der Waals surface area contributed by atoms with Crippen LogP contribution in [0.15, 0.2) is 48.8 Å². The smallest absolute Gasteiger partial charge is 0.248 e. The Hall–Kier alpha value is -2.97. The van der Waals surface area contributed by atoms with Crippen LogP contribution in [0.4, 0.5) is 0 Å². The first kappa shape index (κ1) is 26.1. The van der Waals surface area contributed by atoms with E-state index in [9.17, 15) is 14.7 Å². The van der Waals surface area contributed by atoms with Gasteiger partial charge in [0.1, 0.15) is 23.1 Å². The summed E-state index contributed by atoms with van der Waals surface area (Å²) >= 11 is 0. The van der Waals surface area contributed by atoms with Gasteiger partial charge in [-0.15, -0.1) is 0 Å². The number of amides is 2. The quantitative estimate of drug-likeness (QED) is 0.555. The summed E-state index contributed by atoms with van der Waals surface area (Å²) in [6.07, 6.45) is 5.44. The molecule has 2 aliphatic heterocycles. The van der Waals surface area contributed by atoms with Gasteiger partial charge >= 0.3 is 0 Å². The van der Waals surface area contributed by atoms with Gasteiger partial charge in [0.05, 0.1) is 12.3 Å². The molecule has 1 aromatic heterocycles. The largest absolute Gasteiger partial charge is 0.456 e. The Labute approximate surface area is 213 Å². The van der Waals surface area contributed by atoms with Crippen molar-refractivity contribution in [3.63, 3.8) is 0 Å². The standard InChI is InChI=1S/C28H38N4O4/c1-4-5-15-32-26(34)24(25(33)20(2)3)30-27(35)28(32)12-16-31(17-13-28)19-21-8-10-22(11-9-21)36-23-7-6-14-29-18-23/h6-11,14,18,20,24-25,33H,4-5,12-13,15-17,19H2,1-3H3,(H,30,35). The highest BCUT2D eigenvalue weighted by atomic mass is 16.5. The first-order chi connectivity index (χ1) is 17.3. The van der Waals surface area contributed by atoms with E-state index in [0.29, 0.717) is 38.2 Å². The van der Waals surface area contributed by atoms with Gasteiger partial charge in [-0.3, -0.25) is 19.5 Å². The molecule has 2 aromatic rings. The topological polar surface area (TPSA) is 95.0 Å². The van der Waals surface area contributed by atoms with Crippen molar-refractivity contribution in [3.05, 3.63) is 54.4 Å². The lowest BCUT2D eigenvalue weighted by molar-refractivity contribution is -0.165. The molecule has 4 rings (SSSR count). The molecular weight excluding hydrogens is 456 g/mol. The van der Waals surface area contributed by atoms with Crippen molar-refractivity contribution in [1.82, 2.24) is 20.1 Å². The molecule has 0 radical (unpaired) electrons. The molecule has 2 N–H and O–H groups in total. The molecule has 2 unspecified atom stereocenters. The maximum atomic E-state index is 13.5. The molecule has 2 saturated heterocycles. The third kappa shape index (κ3) is 5.55. The van der Waals surface area contributed by atoms with Crippen LogP contribution < -0.4 is 10.1 Å². The summed E-state index contributed by atoms with van der Waals surface area (Å²) < 4.78 is 5.83. The van der Waals surface area contributed by atoms with Crippen molar-refractivity contribution in [3.8, 4) is 11.5 Å². The van der Waals surface area contributed by atoms with Crippen LogP contribution in [0.5, 0.6) is 11.5 Å². The Balaban J connectivity index is 1.40. The number of aliphatic hydroxyl groups is 1. The number of carbonyl (C=O) groups is 2. The van der Waals surface area contributed by atoms with Crippen LogP contribution in [0, 0.1) is 5.92 Å². The highest BCUT2D eigenvalue weighted by Gasteiger charge is 2.54. The van der Waals surface area contributed by atoms with Gasteiger partial charge in [0.2, 0.25) is 11.8 Å². The number of ether oxygens (including phenoxy) is 1. The molecule has 36 heavy (non-hydrogen) atoms. The number of unbranched alkanes of at least 4 members (excludes halogenated alkanes) is 1. The molecule has 3 heterocycles. The average Bonchev–Trinajstić information content (AvgIpc) is 2.89. The molecule has 8 nitrogen and oxygen atoms in total. The van der Waals surface area contributed by atoms with E-state index in [1.807, 2.05) is 38.1 Å². The Morgan fingerprint density at radius 1 is 1.14 bits per heavy atom.